The lowest BCUT2D eigenvalue weighted by atomic mass is 9.99. The fourth-order valence-electron chi connectivity index (χ4n) is 3.10. The summed E-state index contributed by atoms with van der Waals surface area (Å²) in [7, 11) is 0. The monoisotopic (exact) mass is 341 g/mol. The molecule has 1 aromatic carbocycles. The SMILES string of the molecule is NC1(c2noc(-c3ccc(-n4cncn4)c([N+](=O)[O-])c3)n2)CCCC1. The Labute approximate surface area is 141 Å². The van der Waals surface area contributed by atoms with Crippen LogP contribution in [0.5, 0.6) is 0 Å². The summed E-state index contributed by atoms with van der Waals surface area (Å²) in [5.74, 6) is 0.656. The molecule has 0 saturated heterocycles. The lowest BCUT2D eigenvalue weighted by Gasteiger charge is -2.17. The van der Waals surface area contributed by atoms with Gasteiger partial charge in [0.15, 0.2) is 5.82 Å². The van der Waals surface area contributed by atoms with Crippen LogP contribution in [0.3, 0.4) is 0 Å². The molecule has 0 radical (unpaired) electrons. The highest BCUT2D eigenvalue weighted by atomic mass is 16.6. The average Bonchev–Trinajstić information content (AvgIpc) is 3.36. The van der Waals surface area contributed by atoms with Gasteiger partial charge >= 0.3 is 0 Å². The quantitative estimate of drug-likeness (QED) is 0.561. The number of nitrogens with zero attached hydrogens (tertiary/aromatic N) is 6. The standard InChI is InChI=1S/C15H15N7O3/c16-15(5-1-2-6-15)14-19-13(25-20-14)10-3-4-11(12(7-10)22(23)24)21-9-17-8-18-21/h3-4,7-9H,1-2,5-6,16H2. The van der Waals surface area contributed by atoms with Crippen LogP contribution in [0.1, 0.15) is 31.5 Å². The summed E-state index contributed by atoms with van der Waals surface area (Å²) < 4.78 is 6.62. The van der Waals surface area contributed by atoms with Crippen molar-refractivity contribution in [2.75, 3.05) is 0 Å². The summed E-state index contributed by atoms with van der Waals surface area (Å²) in [5.41, 5.74) is 6.38. The highest BCUT2D eigenvalue weighted by Crippen LogP contribution is 2.36. The van der Waals surface area contributed by atoms with E-state index in [4.69, 9.17) is 10.3 Å². The van der Waals surface area contributed by atoms with Crippen LogP contribution in [-0.4, -0.2) is 29.8 Å². The van der Waals surface area contributed by atoms with Crippen LogP contribution in [0.25, 0.3) is 17.1 Å². The van der Waals surface area contributed by atoms with Gasteiger partial charge in [0.1, 0.15) is 18.3 Å². The predicted molar refractivity (Wildman–Crippen MR) is 85.6 cm³/mol. The molecule has 0 spiro atoms. The smallest absolute Gasteiger partial charge is 0.295 e. The summed E-state index contributed by atoms with van der Waals surface area (Å²) in [6.45, 7) is 0. The highest BCUT2D eigenvalue weighted by Gasteiger charge is 2.36. The minimum atomic E-state index is -0.575. The van der Waals surface area contributed by atoms with Crippen molar-refractivity contribution in [1.82, 2.24) is 24.9 Å². The second-order valence-electron chi connectivity index (χ2n) is 6.09. The molecule has 0 unspecified atom stereocenters. The number of hydrogen-bond donors (Lipinski definition) is 1. The zero-order chi connectivity index (χ0) is 17.4. The molecule has 10 nitrogen and oxygen atoms in total. The van der Waals surface area contributed by atoms with Crippen molar-refractivity contribution in [3.63, 3.8) is 0 Å². The Bertz CT molecular complexity index is 913. The summed E-state index contributed by atoms with van der Waals surface area (Å²) in [5, 5.41) is 19.3. The van der Waals surface area contributed by atoms with Crippen LogP contribution in [0.2, 0.25) is 0 Å². The van der Waals surface area contributed by atoms with Gasteiger partial charge in [0.25, 0.3) is 11.6 Å². The zero-order valence-electron chi connectivity index (χ0n) is 13.2. The number of nitro benzene ring substituents is 1. The van der Waals surface area contributed by atoms with Crippen molar-refractivity contribution in [2.45, 2.75) is 31.2 Å². The first-order chi connectivity index (χ1) is 12.1. The molecule has 4 rings (SSSR count). The van der Waals surface area contributed by atoms with Crippen molar-refractivity contribution in [1.29, 1.82) is 0 Å². The highest BCUT2D eigenvalue weighted by molar-refractivity contribution is 5.64. The van der Waals surface area contributed by atoms with Crippen LogP contribution in [0, 0.1) is 10.1 Å². The average molecular weight is 341 g/mol. The topological polar surface area (TPSA) is 139 Å². The minimum Gasteiger partial charge on any atom is -0.334 e. The molecular weight excluding hydrogens is 326 g/mol. The fraction of sp³-hybridized carbons (Fsp3) is 0.333. The molecule has 1 aliphatic carbocycles. The third-order valence-electron chi connectivity index (χ3n) is 4.45. The van der Waals surface area contributed by atoms with Gasteiger partial charge in [-0.1, -0.05) is 18.0 Å². The largest absolute Gasteiger partial charge is 0.334 e. The summed E-state index contributed by atoms with van der Waals surface area (Å²) >= 11 is 0. The van der Waals surface area contributed by atoms with E-state index in [0.717, 1.165) is 25.7 Å². The Morgan fingerprint density at radius 2 is 2.12 bits per heavy atom. The van der Waals surface area contributed by atoms with Gasteiger partial charge in [0.05, 0.1) is 10.5 Å². The molecule has 0 atom stereocenters. The third kappa shape index (κ3) is 2.66. The summed E-state index contributed by atoms with van der Waals surface area (Å²) in [6.07, 6.45) is 6.36. The molecule has 1 saturated carbocycles. The number of hydrogen-bond acceptors (Lipinski definition) is 8. The molecule has 128 valence electrons. The Kier molecular flexibility index (Phi) is 3.53. The minimum absolute atomic E-state index is 0.133. The Balaban J connectivity index is 1.73. The fourth-order valence-corrected chi connectivity index (χ4v) is 3.10. The molecule has 3 aromatic rings. The Morgan fingerprint density at radius 3 is 2.80 bits per heavy atom. The van der Waals surface area contributed by atoms with Crippen molar-refractivity contribution in [2.24, 2.45) is 5.73 Å². The van der Waals surface area contributed by atoms with Gasteiger partial charge in [-0.05, 0) is 25.0 Å². The molecule has 2 heterocycles. The number of nitrogens with two attached hydrogens (primary N) is 1. The normalized spacial score (nSPS) is 16.2. The van der Waals surface area contributed by atoms with E-state index in [1.54, 1.807) is 12.1 Å². The van der Waals surface area contributed by atoms with Crippen LogP contribution in [0.4, 0.5) is 5.69 Å². The van der Waals surface area contributed by atoms with Gasteiger partial charge < -0.3 is 10.3 Å². The van der Waals surface area contributed by atoms with Crippen molar-refractivity contribution < 1.29 is 9.45 Å². The van der Waals surface area contributed by atoms with Gasteiger partial charge in [-0.3, -0.25) is 10.1 Å². The van der Waals surface area contributed by atoms with Gasteiger partial charge in [0.2, 0.25) is 0 Å². The number of nitro groups is 1. The molecule has 0 aliphatic heterocycles. The number of benzene rings is 1. The molecular formula is C15H15N7O3. The Morgan fingerprint density at radius 1 is 1.32 bits per heavy atom. The molecule has 2 aromatic heterocycles. The van der Waals surface area contributed by atoms with Gasteiger partial charge in [-0.25, -0.2) is 9.67 Å². The molecule has 1 aliphatic rings. The maximum absolute atomic E-state index is 11.4. The van der Waals surface area contributed by atoms with E-state index in [1.807, 2.05) is 0 Å². The molecule has 25 heavy (non-hydrogen) atoms. The summed E-state index contributed by atoms with van der Waals surface area (Å²) in [4.78, 5) is 19.1. The number of aromatic nitrogens is 5. The molecule has 0 amide bonds. The van der Waals surface area contributed by atoms with E-state index < -0.39 is 10.5 Å². The lowest BCUT2D eigenvalue weighted by Crippen LogP contribution is -2.34. The van der Waals surface area contributed by atoms with Gasteiger partial charge in [-0.15, -0.1) is 0 Å². The third-order valence-corrected chi connectivity index (χ3v) is 4.45. The van der Waals surface area contributed by atoms with Crippen LogP contribution >= 0.6 is 0 Å². The van der Waals surface area contributed by atoms with E-state index in [-0.39, 0.29) is 11.6 Å². The predicted octanol–water partition coefficient (Wildman–Crippen LogP) is 1.95. The first-order valence-electron chi connectivity index (χ1n) is 7.84. The summed E-state index contributed by atoms with van der Waals surface area (Å²) in [6, 6.07) is 4.62. The second-order valence-corrected chi connectivity index (χ2v) is 6.09. The first kappa shape index (κ1) is 15.4. The van der Waals surface area contributed by atoms with Gasteiger partial charge in [0, 0.05) is 11.6 Å². The Hall–Kier alpha value is -3.14. The van der Waals surface area contributed by atoms with Crippen LogP contribution in [0.15, 0.2) is 35.4 Å². The second kappa shape index (κ2) is 5.74. The van der Waals surface area contributed by atoms with E-state index in [2.05, 4.69) is 20.2 Å². The molecule has 1 fully saturated rings. The van der Waals surface area contributed by atoms with Gasteiger partial charge in [-0.2, -0.15) is 10.1 Å². The van der Waals surface area contributed by atoms with Crippen molar-refractivity contribution in [3.05, 3.63) is 46.8 Å². The first-order valence-corrected chi connectivity index (χ1v) is 7.84. The van der Waals surface area contributed by atoms with Crippen LogP contribution < -0.4 is 5.73 Å². The van der Waals surface area contributed by atoms with Crippen LogP contribution in [-0.2, 0) is 5.54 Å². The van der Waals surface area contributed by atoms with E-state index in [9.17, 15) is 10.1 Å². The van der Waals surface area contributed by atoms with Crippen molar-refractivity contribution in [3.8, 4) is 17.1 Å². The van der Waals surface area contributed by atoms with E-state index in [1.165, 1.54) is 23.4 Å². The van der Waals surface area contributed by atoms with E-state index in [0.29, 0.717) is 17.1 Å². The van der Waals surface area contributed by atoms with Crippen molar-refractivity contribution >= 4 is 5.69 Å². The molecule has 2 N–H and O–H groups in total. The van der Waals surface area contributed by atoms with E-state index >= 15 is 0 Å². The maximum atomic E-state index is 11.4. The maximum Gasteiger partial charge on any atom is 0.295 e. The molecule has 10 heteroatoms. The molecule has 0 bridgehead atoms. The zero-order valence-corrected chi connectivity index (χ0v) is 13.2. The lowest BCUT2D eigenvalue weighted by molar-refractivity contribution is -0.384. The number of rotatable bonds is 4.